The predicted octanol–water partition coefficient (Wildman–Crippen LogP) is 2.57. The van der Waals surface area contributed by atoms with Gasteiger partial charge >= 0.3 is 5.97 Å². The number of aryl methyl sites for hydroxylation is 1. The smallest absolute Gasteiger partial charge is 0.341 e. The topological polar surface area (TPSA) is 68.7 Å². The first-order valence-corrected chi connectivity index (χ1v) is 7.82. The molecule has 1 atom stereocenters. The number of furan rings is 1. The first-order chi connectivity index (χ1) is 10.1. The predicted molar refractivity (Wildman–Crippen MR) is 80.5 cm³/mol. The van der Waals surface area contributed by atoms with Crippen LogP contribution in [0.4, 0.5) is 0 Å². The molecule has 1 aliphatic heterocycles. The second-order valence-electron chi connectivity index (χ2n) is 5.80. The summed E-state index contributed by atoms with van der Waals surface area (Å²) in [6, 6.07) is 3.86. The van der Waals surface area contributed by atoms with E-state index < -0.39 is 5.66 Å². The fraction of sp³-hybridized carbons (Fsp3) is 0.688. The van der Waals surface area contributed by atoms with Crippen molar-refractivity contribution in [2.45, 2.75) is 58.2 Å². The van der Waals surface area contributed by atoms with Crippen molar-refractivity contribution in [2.75, 3.05) is 13.2 Å². The van der Waals surface area contributed by atoms with Crippen LogP contribution in [0.15, 0.2) is 16.5 Å². The van der Waals surface area contributed by atoms with Crippen LogP contribution in [0.5, 0.6) is 0 Å². The summed E-state index contributed by atoms with van der Waals surface area (Å²) < 4.78 is 11.0. The second-order valence-corrected chi connectivity index (χ2v) is 5.80. The van der Waals surface area contributed by atoms with Crippen LogP contribution in [0.3, 0.4) is 0 Å². The van der Waals surface area contributed by atoms with Crippen LogP contribution in [0, 0.1) is 6.92 Å². The number of nitrogens with zero attached hydrogens (tertiary/aromatic N) is 1. The molecular weight excluding hydrogens is 268 g/mol. The Labute approximate surface area is 126 Å². The lowest BCUT2D eigenvalue weighted by Crippen LogP contribution is -2.63. The van der Waals surface area contributed by atoms with Crippen molar-refractivity contribution >= 4 is 5.97 Å². The van der Waals surface area contributed by atoms with Gasteiger partial charge in [0.25, 0.3) is 0 Å². The van der Waals surface area contributed by atoms with Crippen molar-refractivity contribution in [3.63, 3.8) is 0 Å². The molecule has 2 heterocycles. The van der Waals surface area contributed by atoms with E-state index >= 15 is 0 Å². The third-order valence-electron chi connectivity index (χ3n) is 4.03. The Kier molecular flexibility index (Phi) is 5.42. The van der Waals surface area contributed by atoms with Crippen LogP contribution < -0.4 is 5.73 Å². The first-order valence-electron chi connectivity index (χ1n) is 7.82. The number of carbonyl (C=O) groups excluding carboxylic acids is 1. The monoisotopic (exact) mass is 294 g/mol. The van der Waals surface area contributed by atoms with Gasteiger partial charge in [0.05, 0.1) is 13.2 Å². The highest BCUT2D eigenvalue weighted by Gasteiger charge is 2.43. The normalized spacial score (nSPS) is 23.2. The second kappa shape index (κ2) is 7.09. The minimum absolute atomic E-state index is 0.307. The van der Waals surface area contributed by atoms with Gasteiger partial charge in [0.2, 0.25) is 0 Å². The molecule has 1 aromatic rings. The van der Waals surface area contributed by atoms with Gasteiger partial charge in [-0.05, 0) is 44.7 Å². The maximum atomic E-state index is 12.4. The molecule has 118 valence electrons. The lowest BCUT2D eigenvalue weighted by Gasteiger charge is -2.41. The van der Waals surface area contributed by atoms with E-state index in [-0.39, 0.29) is 5.97 Å². The standard InChI is InChI=1S/C16H26N2O3/c1-3-4-11-20-15(19)16(17)9-5-6-10-18(16)12-14-8-7-13(2)21-14/h7-8H,3-6,9-12,17H2,1-2H3. The Morgan fingerprint density at radius 2 is 2.29 bits per heavy atom. The summed E-state index contributed by atoms with van der Waals surface area (Å²) in [5.74, 6) is 1.40. The maximum Gasteiger partial charge on any atom is 0.341 e. The zero-order valence-electron chi connectivity index (χ0n) is 13.1. The molecular formula is C16H26N2O3. The average Bonchev–Trinajstić information content (AvgIpc) is 2.87. The maximum absolute atomic E-state index is 12.4. The Morgan fingerprint density at radius 1 is 1.48 bits per heavy atom. The summed E-state index contributed by atoms with van der Waals surface area (Å²) in [6.07, 6.45) is 4.50. The van der Waals surface area contributed by atoms with Crippen LogP contribution in [-0.4, -0.2) is 29.7 Å². The minimum atomic E-state index is -1.02. The Bertz CT molecular complexity index is 472. The van der Waals surface area contributed by atoms with E-state index in [1.807, 2.05) is 24.0 Å². The molecule has 0 radical (unpaired) electrons. The molecule has 0 amide bonds. The zero-order chi connectivity index (χ0) is 15.3. The summed E-state index contributed by atoms with van der Waals surface area (Å²) in [5.41, 5.74) is 5.37. The molecule has 0 aliphatic carbocycles. The van der Waals surface area contributed by atoms with Gasteiger partial charge in [-0.15, -0.1) is 0 Å². The Morgan fingerprint density at radius 3 is 2.95 bits per heavy atom. The van der Waals surface area contributed by atoms with Crippen LogP contribution in [-0.2, 0) is 16.1 Å². The zero-order valence-corrected chi connectivity index (χ0v) is 13.1. The molecule has 21 heavy (non-hydrogen) atoms. The number of carbonyl (C=O) groups is 1. The quantitative estimate of drug-likeness (QED) is 0.645. The molecule has 5 nitrogen and oxygen atoms in total. The molecule has 0 bridgehead atoms. The minimum Gasteiger partial charge on any atom is -0.465 e. The molecule has 1 aromatic heterocycles. The molecule has 0 spiro atoms. The van der Waals surface area contributed by atoms with E-state index in [4.69, 9.17) is 14.9 Å². The SMILES string of the molecule is CCCCOC(=O)C1(N)CCCCN1Cc1ccc(C)o1. The number of hydrogen-bond acceptors (Lipinski definition) is 5. The number of hydrogen-bond donors (Lipinski definition) is 1. The highest BCUT2D eigenvalue weighted by molar-refractivity contribution is 5.80. The first kappa shape index (κ1) is 16.0. The van der Waals surface area contributed by atoms with Crippen molar-refractivity contribution in [2.24, 2.45) is 5.73 Å². The number of likely N-dealkylation sites (tertiary alicyclic amines) is 1. The molecule has 1 unspecified atom stereocenters. The van der Waals surface area contributed by atoms with Crippen LogP contribution in [0.25, 0.3) is 0 Å². The largest absolute Gasteiger partial charge is 0.465 e. The average molecular weight is 294 g/mol. The molecule has 1 aliphatic rings. The molecule has 0 aromatic carbocycles. The summed E-state index contributed by atoms with van der Waals surface area (Å²) in [7, 11) is 0. The third-order valence-corrected chi connectivity index (χ3v) is 4.03. The van der Waals surface area contributed by atoms with Crippen molar-refractivity contribution in [3.8, 4) is 0 Å². The van der Waals surface area contributed by atoms with E-state index in [1.165, 1.54) is 0 Å². The molecule has 0 saturated carbocycles. The number of piperidine rings is 1. The lowest BCUT2D eigenvalue weighted by atomic mass is 9.95. The van der Waals surface area contributed by atoms with Gasteiger partial charge in [0.15, 0.2) is 5.66 Å². The highest BCUT2D eigenvalue weighted by Crippen LogP contribution is 2.27. The van der Waals surface area contributed by atoms with Crippen molar-refractivity contribution in [3.05, 3.63) is 23.7 Å². The fourth-order valence-corrected chi connectivity index (χ4v) is 2.70. The van der Waals surface area contributed by atoms with E-state index in [2.05, 4.69) is 6.92 Å². The van der Waals surface area contributed by atoms with Gasteiger partial charge in [-0.2, -0.15) is 0 Å². The van der Waals surface area contributed by atoms with E-state index in [1.54, 1.807) is 0 Å². The lowest BCUT2D eigenvalue weighted by molar-refractivity contribution is -0.162. The van der Waals surface area contributed by atoms with Crippen molar-refractivity contribution in [1.82, 2.24) is 4.90 Å². The molecule has 2 rings (SSSR count). The number of ether oxygens (including phenoxy) is 1. The van der Waals surface area contributed by atoms with Gasteiger partial charge in [-0.3, -0.25) is 4.90 Å². The fourth-order valence-electron chi connectivity index (χ4n) is 2.70. The summed E-state index contributed by atoms with van der Waals surface area (Å²) in [4.78, 5) is 14.4. The van der Waals surface area contributed by atoms with Crippen molar-refractivity contribution in [1.29, 1.82) is 0 Å². The number of nitrogens with two attached hydrogens (primary N) is 1. The van der Waals surface area contributed by atoms with Gasteiger partial charge in [-0.1, -0.05) is 13.3 Å². The third kappa shape index (κ3) is 3.86. The molecule has 2 N–H and O–H groups in total. The van der Waals surface area contributed by atoms with E-state index in [0.717, 1.165) is 43.7 Å². The van der Waals surface area contributed by atoms with Crippen molar-refractivity contribution < 1.29 is 13.9 Å². The Hall–Kier alpha value is -1.33. The van der Waals surface area contributed by atoms with Gasteiger partial charge in [0.1, 0.15) is 11.5 Å². The van der Waals surface area contributed by atoms with Crippen LogP contribution >= 0.6 is 0 Å². The van der Waals surface area contributed by atoms with Gasteiger partial charge in [-0.25, -0.2) is 4.79 Å². The summed E-state index contributed by atoms with van der Waals surface area (Å²) >= 11 is 0. The van der Waals surface area contributed by atoms with Crippen LogP contribution in [0.1, 0.15) is 50.5 Å². The number of unbranched alkanes of at least 4 members (excludes halogenated alkanes) is 1. The molecule has 1 fully saturated rings. The molecule has 1 saturated heterocycles. The van der Waals surface area contributed by atoms with Crippen LogP contribution in [0.2, 0.25) is 0 Å². The summed E-state index contributed by atoms with van der Waals surface area (Å²) in [5, 5.41) is 0. The molecule has 5 heteroatoms. The Balaban J connectivity index is 2.04. The number of esters is 1. The van der Waals surface area contributed by atoms with E-state index in [9.17, 15) is 4.79 Å². The van der Waals surface area contributed by atoms with Gasteiger partial charge in [0, 0.05) is 6.54 Å². The van der Waals surface area contributed by atoms with E-state index in [0.29, 0.717) is 19.6 Å². The van der Waals surface area contributed by atoms with Gasteiger partial charge < -0.3 is 14.9 Å². The highest BCUT2D eigenvalue weighted by atomic mass is 16.5. The number of rotatable bonds is 6. The summed E-state index contributed by atoms with van der Waals surface area (Å²) in [6.45, 7) is 5.76.